The van der Waals surface area contributed by atoms with E-state index in [0.717, 1.165) is 10.8 Å². The Hall–Kier alpha value is -2.36. The van der Waals surface area contributed by atoms with Gasteiger partial charge in [-0.2, -0.15) is 5.10 Å². The van der Waals surface area contributed by atoms with E-state index in [0.29, 0.717) is 5.56 Å². The fraction of sp³-hybridized carbons (Fsp3) is 0.0769. The normalized spacial score (nSPS) is 10.9. The van der Waals surface area contributed by atoms with Crippen molar-refractivity contribution in [3.05, 3.63) is 42.0 Å². The van der Waals surface area contributed by atoms with E-state index in [1.807, 2.05) is 30.3 Å². The first kappa shape index (κ1) is 11.1. The summed E-state index contributed by atoms with van der Waals surface area (Å²) in [6.07, 6.45) is 1.44. The van der Waals surface area contributed by atoms with Gasteiger partial charge in [-0.1, -0.05) is 30.3 Å². The molecule has 0 aromatic heterocycles. The van der Waals surface area contributed by atoms with Crippen LogP contribution in [0.4, 0.5) is 0 Å². The first-order chi connectivity index (χ1) is 8.18. The molecule has 17 heavy (non-hydrogen) atoms. The van der Waals surface area contributed by atoms with Crippen LogP contribution in [0.5, 0.6) is 5.75 Å². The molecule has 0 spiro atoms. The maximum Gasteiger partial charge on any atom is 0.236 e. The Bertz CT molecular complexity index is 591. The van der Waals surface area contributed by atoms with E-state index < -0.39 is 0 Å². The Kier molecular flexibility index (Phi) is 3.05. The van der Waals surface area contributed by atoms with E-state index in [-0.39, 0.29) is 11.7 Å². The molecule has 0 aliphatic carbocycles. The molecule has 2 aromatic carbocycles. The van der Waals surface area contributed by atoms with Gasteiger partial charge in [0.2, 0.25) is 5.91 Å². The van der Waals surface area contributed by atoms with Gasteiger partial charge in [-0.05, 0) is 16.8 Å². The molecule has 4 nitrogen and oxygen atoms in total. The van der Waals surface area contributed by atoms with Gasteiger partial charge in [0, 0.05) is 12.5 Å². The molecule has 0 atom stereocenters. The molecule has 0 heterocycles. The summed E-state index contributed by atoms with van der Waals surface area (Å²) in [6.45, 7) is 1.38. The maximum absolute atomic E-state index is 10.7. The third kappa shape index (κ3) is 2.42. The van der Waals surface area contributed by atoms with Crippen LogP contribution < -0.4 is 5.43 Å². The van der Waals surface area contributed by atoms with Crippen molar-refractivity contribution < 1.29 is 9.90 Å². The number of hydrazone groups is 1. The number of rotatable bonds is 2. The summed E-state index contributed by atoms with van der Waals surface area (Å²) < 4.78 is 0. The molecular formula is C13H12N2O2. The average Bonchev–Trinajstić information content (AvgIpc) is 2.32. The van der Waals surface area contributed by atoms with Crippen LogP contribution in [0, 0.1) is 0 Å². The molecule has 86 valence electrons. The Labute approximate surface area is 98.6 Å². The SMILES string of the molecule is CC(=O)N/N=C\c1c(O)ccc2ccccc12. The third-order valence-corrected chi connectivity index (χ3v) is 2.36. The van der Waals surface area contributed by atoms with Gasteiger partial charge < -0.3 is 5.11 Å². The van der Waals surface area contributed by atoms with Crippen LogP contribution in [-0.2, 0) is 4.79 Å². The molecule has 0 bridgehead atoms. The van der Waals surface area contributed by atoms with E-state index in [4.69, 9.17) is 0 Å². The Balaban J connectivity index is 2.47. The minimum Gasteiger partial charge on any atom is -0.507 e. The van der Waals surface area contributed by atoms with Crippen molar-refractivity contribution in [1.82, 2.24) is 5.43 Å². The van der Waals surface area contributed by atoms with Crippen LogP contribution in [0.1, 0.15) is 12.5 Å². The van der Waals surface area contributed by atoms with Crippen molar-refractivity contribution in [2.45, 2.75) is 6.92 Å². The first-order valence-electron chi connectivity index (χ1n) is 5.19. The molecule has 2 rings (SSSR count). The average molecular weight is 228 g/mol. The minimum atomic E-state index is -0.249. The van der Waals surface area contributed by atoms with Crippen molar-refractivity contribution in [2.75, 3.05) is 0 Å². The largest absolute Gasteiger partial charge is 0.507 e. The Morgan fingerprint density at radius 2 is 2.06 bits per heavy atom. The van der Waals surface area contributed by atoms with Crippen molar-refractivity contribution >= 4 is 22.9 Å². The Morgan fingerprint density at radius 3 is 2.82 bits per heavy atom. The standard InChI is InChI=1S/C13H12N2O2/c1-9(16)15-14-8-12-11-5-3-2-4-10(11)6-7-13(12)17/h2-8,17H,1H3,(H,15,16)/b14-8-. The van der Waals surface area contributed by atoms with Gasteiger partial charge >= 0.3 is 0 Å². The van der Waals surface area contributed by atoms with E-state index in [1.165, 1.54) is 13.1 Å². The number of hydrogen-bond acceptors (Lipinski definition) is 3. The summed E-state index contributed by atoms with van der Waals surface area (Å²) in [5, 5.41) is 15.4. The molecule has 2 aromatic rings. The molecule has 2 N–H and O–H groups in total. The number of carbonyl (C=O) groups excluding carboxylic acids is 1. The smallest absolute Gasteiger partial charge is 0.236 e. The molecule has 1 amide bonds. The predicted octanol–water partition coefficient (Wildman–Crippen LogP) is 2.02. The zero-order valence-electron chi connectivity index (χ0n) is 9.34. The molecule has 0 aliphatic rings. The van der Waals surface area contributed by atoms with Crippen molar-refractivity contribution in [1.29, 1.82) is 0 Å². The highest BCUT2D eigenvalue weighted by molar-refractivity contribution is 6.02. The second kappa shape index (κ2) is 4.65. The molecule has 0 unspecified atom stereocenters. The molecule has 0 radical (unpaired) electrons. The summed E-state index contributed by atoms with van der Waals surface area (Å²) in [4.78, 5) is 10.7. The summed E-state index contributed by atoms with van der Waals surface area (Å²) in [5.74, 6) is -0.112. The van der Waals surface area contributed by atoms with Gasteiger partial charge in [0.15, 0.2) is 0 Å². The molecular weight excluding hydrogens is 216 g/mol. The van der Waals surface area contributed by atoms with Crippen molar-refractivity contribution in [2.24, 2.45) is 5.10 Å². The lowest BCUT2D eigenvalue weighted by Crippen LogP contribution is -2.12. The number of phenols is 1. The van der Waals surface area contributed by atoms with Gasteiger partial charge in [0.05, 0.1) is 6.21 Å². The lowest BCUT2D eigenvalue weighted by atomic mass is 10.0. The molecule has 0 aliphatic heterocycles. The lowest BCUT2D eigenvalue weighted by molar-refractivity contribution is -0.118. The van der Waals surface area contributed by atoms with Gasteiger partial charge in [-0.25, -0.2) is 5.43 Å². The summed E-state index contributed by atoms with van der Waals surface area (Å²) in [5.41, 5.74) is 2.90. The van der Waals surface area contributed by atoms with Gasteiger partial charge in [-0.15, -0.1) is 0 Å². The number of amides is 1. The summed E-state index contributed by atoms with van der Waals surface area (Å²) >= 11 is 0. The van der Waals surface area contributed by atoms with Gasteiger partial charge in [0.25, 0.3) is 0 Å². The number of nitrogens with zero attached hydrogens (tertiary/aromatic N) is 1. The fourth-order valence-electron chi connectivity index (χ4n) is 1.61. The second-order valence-corrected chi connectivity index (χ2v) is 3.65. The predicted molar refractivity (Wildman–Crippen MR) is 67.0 cm³/mol. The van der Waals surface area contributed by atoms with Crippen LogP contribution in [0.25, 0.3) is 10.8 Å². The summed E-state index contributed by atoms with van der Waals surface area (Å²) in [6, 6.07) is 11.1. The van der Waals surface area contributed by atoms with E-state index in [2.05, 4.69) is 10.5 Å². The molecule has 0 saturated heterocycles. The van der Waals surface area contributed by atoms with Crippen LogP contribution in [0.2, 0.25) is 0 Å². The van der Waals surface area contributed by atoms with E-state index in [9.17, 15) is 9.90 Å². The second-order valence-electron chi connectivity index (χ2n) is 3.65. The van der Waals surface area contributed by atoms with Crippen LogP contribution in [0.3, 0.4) is 0 Å². The highest BCUT2D eigenvalue weighted by Gasteiger charge is 2.03. The van der Waals surface area contributed by atoms with Crippen LogP contribution in [-0.4, -0.2) is 17.2 Å². The molecule has 0 fully saturated rings. The lowest BCUT2D eigenvalue weighted by Gasteiger charge is -2.04. The Morgan fingerprint density at radius 1 is 1.29 bits per heavy atom. The van der Waals surface area contributed by atoms with Gasteiger partial charge in [-0.3, -0.25) is 4.79 Å². The number of carbonyl (C=O) groups is 1. The fourth-order valence-corrected chi connectivity index (χ4v) is 1.61. The van der Waals surface area contributed by atoms with Crippen LogP contribution in [0.15, 0.2) is 41.5 Å². The first-order valence-corrected chi connectivity index (χ1v) is 5.19. The number of benzene rings is 2. The van der Waals surface area contributed by atoms with Crippen molar-refractivity contribution in [3.63, 3.8) is 0 Å². The maximum atomic E-state index is 10.7. The van der Waals surface area contributed by atoms with Crippen molar-refractivity contribution in [3.8, 4) is 5.75 Å². The number of fused-ring (bicyclic) bond motifs is 1. The van der Waals surface area contributed by atoms with Gasteiger partial charge in [0.1, 0.15) is 5.75 Å². The highest BCUT2D eigenvalue weighted by Crippen LogP contribution is 2.25. The third-order valence-electron chi connectivity index (χ3n) is 2.36. The molecule has 4 heteroatoms. The van der Waals surface area contributed by atoms with E-state index in [1.54, 1.807) is 6.07 Å². The zero-order chi connectivity index (χ0) is 12.3. The monoisotopic (exact) mass is 228 g/mol. The van der Waals surface area contributed by atoms with Crippen LogP contribution >= 0.6 is 0 Å². The minimum absolute atomic E-state index is 0.137. The number of hydrogen-bond donors (Lipinski definition) is 2. The quantitative estimate of drug-likeness (QED) is 0.610. The van der Waals surface area contributed by atoms with E-state index >= 15 is 0 Å². The number of aromatic hydroxyl groups is 1. The zero-order valence-corrected chi connectivity index (χ0v) is 9.34. The number of phenolic OH excluding ortho intramolecular Hbond substituents is 1. The number of nitrogens with one attached hydrogen (secondary N) is 1. The topological polar surface area (TPSA) is 61.7 Å². The highest BCUT2D eigenvalue weighted by atomic mass is 16.3. The molecule has 0 saturated carbocycles. The summed E-state index contributed by atoms with van der Waals surface area (Å²) in [7, 11) is 0.